The molecule has 0 unspecified atom stereocenters. The third-order valence-corrected chi connectivity index (χ3v) is 11.1. The largest absolute Gasteiger partial charge is 0.368 e. The highest BCUT2D eigenvalue weighted by Crippen LogP contribution is 2.21. The summed E-state index contributed by atoms with van der Waals surface area (Å²) in [6.07, 6.45) is 1.74. The highest BCUT2D eigenvalue weighted by atomic mass is 16.2. The maximum absolute atomic E-state index is 13.9. The van der Waals surface area contributed by atoms with Gasteiger partial charge >= 0.3 is 0 Å². The van der Waals surface area contributed by atoms with Crippen LogP contribution in [0.25, 0.3) is 21.5 Å². The second-order valence-electron chi connectivity index (χ2n) is 15.6. The minimum Gasteiger partial charge on any atom is -0.368 e. The van der Waals surface area contributed by atoms with E-state index in [0.717, 1.165) is 38.2 Å². The van der Waals surface area contributed by atoms with Crippen LogP contribution in [0.4, 0.5) is 0 Å². The van der Waals surface area contributed by atoms with E-state index < -0.39 is 65.8 Å². The van der Waals surface area contributed by atoms with Crippen LogP contribution in [0.5, 0.6) is 0 Å². The number of nitrogens with one attached hydrogen (secondary N) is 6. The molecule has 13 nitrogen and oxygen atoms in total. The summed E-state index contributed by atoms with van der Waals surface area (Å²) in [6.45, 7) is 6.93. The smallest absolute Gasteiger partial charge is 0.243 e. The maximum Gasteiger partial charge on any atom is 0.243 e. The van der Waals surface area contributed by atoms with Gasteiger partial charge in [-0.3, -0.25) is 28.8 Å². The number of fused-ring (bicyclic) bond motifs is 2. The van der Waals surface area contributed by atoms with Gasteiger partial charge in [0.05, 0.1) is 6.04 Å². The SMILES string of the molecule is CC[C@H](NC[C@H](Cc1ccccc1)NC(=O)[C@H](CC)NC(=O)[C@H](Cc1cccc2ccccc12)NC(C)=O)C(=O)N[C@@H](CC)C(=O)N[C@@H](Cc1cccc2ccccc12)C(N)=O. The van der Waals surface area contributed by atoms with Gasteiger partial charge in [-0.05, 0) is 63.9 Å². The normalized spacial score (nSPS) is 14.1. The summed E-state index contributed by atoms with van der Waals surface area (Å²) in [5.74, 6) is -2.91. The zero-order chi connectivity index (χ0) is 44.6. The van der Waals surface area contributed by atoms with Crippen LogP contribution >= 0.6 is 0 Å². The molecule has 8 N–H and O–H groups in total. The summed E-state index contributed by atoms with van der Waals surface area (Å²) >= 11 is 0. The van der Waals surface area contributed by atoms with Crippen molar-refractivity contribution in [2.24, 2.45) is 5.73 Å². The number of carbonyl (C=O) groups is 6. The summed E-state index contributed by atoms with van der Waals surface area (Å²) in [5.41, 5.74) is 8.45. The number of benzene rings is 5. The van der Waals surface area contributed by atoms with Gasteiger partial charge in [-0.1, -0.05) is 136 Å². The van der Waals surface area contributed by atoms with Crippen LogP contribution in [-0.2, 0) is 48.0 Å². The monoisotopic (exact) mass is 841 g/mol. The predicted molar refractivity (Wildman–Crippen MR) is 243 cm³/mol. The van der Waals surface area contributed by atoms with E-state index in [1.165, 1.54) is 6.92 Å². The number of hydrogen-bond acceptors (Lipinski definition) is 7. The fourth-order valence-corrected chi connectivity index (χ4v) is 7.66. The van der Waals surface area contributed by atoms with Gasteiger partial charge in [-0.25, -0.2) is 0 Å². The van der Waals surface area contributed by atoms with E-state index in [9.17, 15) is 28.8 Å². The molecule has 0 aliphatic heterocycles. The van der Waals surface area contributed by atoms with Crippen LogP contribution in [-0.4, -0.2) is 78.2 Å². The lowest BCUT2D eigenvalue weighted by molar-refractivity contribution is -0.132. The van der Waals surface area contributed by atoms with Crippen LogP contribution in [0.1, 0.15) is 63.6 Å². The number of carbonyl (C=O) groups excluding carboxylic acids is 6. The van der Waals surface area contributed by atoms with Crippen molar-refractivity contribution >= 4 is 57.0 Å². The molecule has 6 amide bonds. The fraction of sp³-hybridized carbons (Fsp3) is 0.347. The van der Waals surface area contributed by atoms with Crippen molar-refractivity contribution in [3.63, 3.8) is 0 Å². The molecule has 5 rings (SSSR count). The second-order valence-corrected chi connectivity index (χ2v) is 15.6. The molecule has 0 spiro atoms. The van der Waals surface area contributed by atoms with Gasteiger partial charge in [0.15, 0.2) is 0 Å². The summed E-state index contributed by atoms with van der Waals surface area (Å²) < 4.78 is 0. The van der Waals surface area contributed by atoms with Crippen LogP contribution in [0.3, 0.4) is 0 Å². The Kier molecular flexibility index (Phi) is 17.1. The first kappa shape index (κ1) is 46.5. The van der Waals surface area contributed by atoms with Crippen molar-refractivity contribution in [2.45, 2.75) is 102 Å². The van der Waals surface area contributed by atoms with E-state index in [1.54, 1.807) is 13.8 Å². The first-order chi connectivity index (χ1) is 29.9. The zero-order valence-corrected chi connectivity index (χ0v) is 35.9. The molecule has 0 aromatic heterocycles. The fourth-order valence-electron chi connectivity index (χ4n) is 7.66. The van der Waals surface area contributed by atoms with Crippen LogP contribution < -0.4 is 37.6 Å². The van der Waals surface area contributed by atoms with Crippen molar-refractivity contribution in [1.82, 2.24) is 31.9 Å². The molecule has 0 aliphatic carbocycles. The summed E-state index contributed by atoms with van der Waals surface area (Å²) in [6, 6.07) is 31.7. The molecule has 0 aliphatic rings. The third-order valence-electron chi connectivity index (χ3n) is 11.1. The average Bonchev–Trinajstić information content (AvgIpc) is 3.27. The van der Waals surface area contributed by atoms with E-state index in [4.69, 9.17) is 5.73 Å². The van der Waals surface area contributed by atoms with Gasteiger partial charge in [0.1, 0.15) is 24.2 Å². The molecular weight excluding hydrogens is 783 g/mol. The Morgan fingerprint density at radius 3 is 1.42 bits per heavy atom. The Morgan fingerprint density at radius 2 is 0.903 bits per heavy atom. The standard InChI is InChI=1S/C49H59N7O6/c1-5-40(46(59)54-42(7-3)48(61)56-43(45(50)58)28-35-23-15-21-33-19-11-13-25-38(33)35)51-30-37(27-32-17-9-8-10-18-32)53-47(60)41(6-2)55-49(62)44(52-31(4)57)29-36-24-16-22-34-20-12-14-26-39(34)36/h8-26,37,40-44,51H,5-7,27-30H2,1-4H3,(H2,50,58)(H,52,57)(H,53,60)(H,54,59)(H,55,62)(H,56,61)/t37-,40-,41-,42-,43-,44-/m0/s1. The van der Waals surface area contributed by atoms with Crippen molar-refractivity contribution < 1.29 is 28.8 Å². The van der Waals surface area contributed by atoms with Gasteiger partial charge in [0, 0.05) is 32.4 Å². The highest BCUT2D eigenvalue weighted by molar-refractivity contribution is 5.95. The van der Waals surface area contributed by atoms with Gasteiger partial charge < -0.3 is 37.6 Å². The Morgan fingerprint density at radius 1 is 0.468 bits per heavy atom. The average molecular weight is 842 g/mol. The third kappa shape index (κ3) is 13.0. The molecule has 62 heavy (non-hydrogen) atoms. The molecule has 326 valence electrons. The molecule has 0 bridgehead atoms. The molecule has 0 fully saturated rings. The maximum atomic E-state index is 13.9. The van der Waals surface area contributed by atoms with Crippen molar-refractivity contribution in [3.8, 4) is 0 Å². The summed E-state index contributed by atoms with van der Waals surface area (Å²) in [4.78, 5) is 79.7. The van der Waals surface area contributed by atoms with Gasteiger partial charge in [-0.15, -0.1) is 0 Å². The van der Waals surface area contributed by atoms with Crippen LogP contribution in [0, 0.1) is 0 Å². The van der Waals surface area contributed by atoms with Crippen molar-refractivity contribution in [2.75, 3.05) is 6.54 Å². The van der Waals surface area contributed by atoms with E-state index in [0.29, 0.717) is 12.8 Å². The summed E-state index contributed by atoms with van der Waals surface area (Å²) in [7, 11) is 0. The Bertz CT molecular complexity index is 2330. The summed E-state index contributed by atoms with van der Waals surface area (Å²) in [5, 5.41) is 21.5. The van der Waals surface area contributed by atoms with Crippen LogP contribution in [0.15, 0.2) is 115 Å². The molecule has 5 aromatic rings. The Labute approximate surface area is 363 Å². The minimum absolute atomic E-state index is 0.185. The molecule has 0 saturated heterocycles. The van der Waals surface area contributed by atoms with E-state index in [2.05, 4.69) is 31.9 Å². The zero-order valence-electron chi connectivity index (χ0n) is 35.9. The molecule has 0 heterocycles. The lowest BCUT2D eigenvalue weighted by Crippen LogP contribution is -2.58. The predicted octanol–water partition coefficient (Wildman–Crippen LogP) is 4.14. The van der Waals surface area contributed by atoms with Gasteiger partial charge in [-0.2, -0.15) is 0 Å². The second kappa shape index (κ2) is 22.8. The first-order valence-electron chi connectivity index (χ1n) is 21.4. The molecular formula is C49H59N7O6. The highest BCUT2D eigenvalue weighted by Gasteiger charge is 2.30. The quantitative estimate of drug-likeness (QED) is 0.0543. The molecule has 0 radical (unpaired) electrons. The molecule has 13 heteroatoms. The van der Waals surface area contributed by atoms with Crippen molar-refractivity contribution in [1.29, 1.82) is 0 Å². The lowest BCUT2D eigenvalue weighted by Gasteiger charge is -2.27. The molecule has 0 saturated carbocycles. The Balaban J connectivity index is 1.23. The first-order valence-corrected chi connectivity index (χ1v) is 21.4. The van der Waals surface area contributed by atoms with E-state index in [-0.39, 0.29) is 38.1 Å². The number of amides is 6. The number of hydrogen-bond donors (Lipinski definition) is 7. The minimum atomic E-state index is -1.00. The van der Waals surface area contributed by atoms with Crippen molar-refractivity contribution in [3.05, 3.63) is 132 Å². The molecule has 5 aromatic carbocycles. The lowest BCUT2D eigenvalue weighted by atomic mass is 9.98. The Hall–Kier alpha value is -6.60. The van der Waals surface area contributed by atoms with E-state index >= 15 is 0 Å². The van der Waals surface area contributed by atoms with E-state index in [1.807, 2.05) is 122 Å². The van der Waals surface area contributed by atoms with Crippen LogP contribution in [0.2, 0.25) is 0 Å². The molecule has 6 atom stereocenters. The number of rotatable bonds is 22. The van der Waals surface area contributed by atoms with Gasteiger partial charge in [0.25, 0.3) is 0 Å². The topological polar surface area (TPSA) is 201 Å². The number of primary amides is 1. The van der Waals surface area contributed by atoms with Gasteiger partial charge in [0.2, 0.25) is 35.4 Å². The number of nitrogens with two attached hydrogens (primary N) is 1.